The molecule has 5 aromatic rings. The number of para-hydroxylation sites is 1. The van der Waals surface area contributed by atoms with Crippen molar-refractivity contribution in [2.75, 3.05) is 5.84 Å². The number of halogens is 1. The zero-order chi connectivity index (χ0) is 20.0. The Morgan fingerprint density at radius 1 is 1.17 bits per heavy atom. The van der Waals surface area contributed by atoms with Crippen LogP contribution < -0.4 is 11.4 Å². The number of fused-ring (bicyclic) bond motifs is 3. The third-order valence-corrected chi connectivity index (χ3v) is 5.55. The Morgan fingerprint density at radius 2 is 2.03 bits per heavy atom. The zero-order valence-electron chi connectivity index (χ0n) is 14.8. The molecule has 0 saturated heterocycles. The Bertz CT molecular complexity index is 1420. The van der Waals surface area contributed by atoms with E-state index in [4.69, 9.17) is 21.9 Å². The number of furan rings is 1. The molecule has 8 nitrogen and oxygen atoms in total. The molecule has 0 fully saturated rings. The minimum absolute atomic E-state index is 0.213. The molecular formula is C19H13ClN6O2S. The van der Waals surface area contributed by atoms with Gasteiger partial charge in [0.05, 0.1) is 5.75 Å². The number of nitrogens with two attached hydrogens (primary N) is 1. The molecule has 0 spiro atoms. The second-order valence-corrected chi connectivity index (χ2v) is 7.64. The molecule has 0 saturated carbocycles. The second kappa shape index (κ2) is 6.94. The summed E-state index contributed by atoms with van der Waals surface area (Å²) < 4.78 is 7.00. The molecule has 0 radical (unpaired) electrons. The maximum Gasteiger partial charge on any atom is 0.294 e. The van der Waals surface area contributed by atoms with Gasteiger partial charge in [0.2, 0.25) is 10.7 Å². The minimum Gasteiger partial charge on any atom is -0.449 e. The fourth-order valence-electron chi connectivity index (χ4n) is 3.05. The molecule has 0 aliphatic carbocycles. The molecule has 2 aromatic carbocycles. The highest BCUT2D eigenvalue weighted by Gasteiger charge is 2.16. The molecule has 0 amide bonds. The van der Waals surface area contributed by atoms with Crippen molar-refractivity contribution in [2.24, 2.45) is 0 Å². The Balaban J connectivity index is 1.45. The van der Waals surface area contributed by atoms with E-state index in [0.717, 1.165) is 10.9 Å². The van der Waals surface area contributed by atoms with Crippen molar-refractivity contribution >= 4 is 45.4 Å². The summed E-state index contributed by atoms with van der Waals surface area (Å²) >= 11 is 7.35. The van der Waals surface area contributed by atoms with E-state index in [1.807, 2.05) is 30.3 Å². The second-order valence-electron chi connectivity index (χ2n) is 6.26. The van der Waals surface area contributed by atoms with Crippen LogP contribution in [0, 0.1) is 0 Å². The Kier molecular flexibility index (Phi) is 4.26. The number of hydrogen-bond acceptors (Lipinski definition) is 7. The van der Waals surface area contributed by atoms with Crippen molar-refractivity contribution in [3.63, 3.8) is 0 Å². The molecule has 3 heterocycles. The van der Waals surface area contributed by atoms with Crippen LogP contribution in [0.4, 0.5) is 0 Å². The standard InChI is InChI=1S/C19H13ClN6O2S/c20-11-5-3-4-10(8-11)17-24-25-19(26(17)21)29-9-14-22-15-12-6-1-2-7-13(12)28-16(15)18(27)23-14/h1-8H,9,21H2,(H,22,23,27). The van der Waals surface area contributed by atoms with E-state index in [9.17, 15) is 4.79 Å². The van der Waals surface area contributed by atoms with Crippen molar-refractivity contribution in [3.05, 3.63) is 69.7 Å². The van der Waals surface area contributed by atoms with E-state index in [-0.39, 0.29) is 11.1 Å². The highest BCUT2D eigenvalue weighted by molar-refractivity contribution is 7.98. The first-order valence-electron chi connectivity index (χ1n) is 8.60. The predicted octanol–water partition coefficient (Wildman–Crippen LogP) is 3.59. The lowest BCUT2D eigenvalue weighted by Crippen LogP contribution is -2.13. The van der Waals surface area contributed by atoms with Gasteiger partial charge < -0.3 is 15.2 Å². The van der Waals surface area contributed by atoms with Crippen LogP contribution in [0.2, 0.25) is 5.02 Å². The molecule has 10 heteroatoms. The molecule has 0 atom stereocenters. The molecular weight excluding hydrogens is 412 g/mol. The molecule has 0 aliphatic rings. The molecule has 0 bridgehead atoms. The van der Waals surface area contributed by atoms with Gasteiger partial charge in [-0.1, -0.05) is 47.6 Å². The predicted molar refractivity (Wildman–Crippen MR) is 112 cm³/mol. The zero-order valence-corrected chi connectivity index (χ0v) is 16.4. The molecule has 3 N–H and O–H groups in total. The summed E-state index contributed by atoms with van der Waals surface area (Å²) in [6.45, 7) is 0. The van der Waals surface area contributed by atoms with E-state index in [2.05, 4.69) is 20.2 Å². The van der Waals surface area contributed by atoms with Gasteiger partial charge in [0.15, 0.2) is 5.82 Å². The van der Waals surface area contributed by atoms with Crippen molar-refractivity contribution in [3.8, 4) is 11.4 Å². The van der Waals surface area contributed by atoms with Crippen molar-refractivity contribution in [2.45, 2.75) is 10.9 Å². The van der Waals surface area contributed by atoms with E-state index < -0.39 is 0 Å². The van der Waals surface area contributed by atoms with E-state index >= 15 is 0 Å². The first-order chi connectivity index (χ1) is 14.1. The lowest BCUT2D eigenvalue weighted by molar-refractivity contribution is 0.660. The Labute approximate surface area is 172 Å². The molecule has 0 unspecified atom stereocenters. The molecule has 0 aliphatic heterocycles. The summed E-state index contributed by atoms with van der Waals surface area (Å²) in [5, 5.41) is 10.1. The number of thioether (sulfide) groups is 1. The summed E-state index contributed by atoms with van der Waals surface area (Å²) in [5.74, 6) is 7.49. The summed E-state index contributed by atoms with van der Waals surface area (Å²) in [5.41, 5.74) is 1.81. The van der Waals surface area contributed by atoms with Crippen molar-refractivity contribution in [1.82, 2.24) is 24.8 Å². The summed E-state index contributed by atoms with van der Waals surface area (Å²) in [4.78, 5) is 19.7. The topological polar surface area (TPSA) is 116 Å². The Hall–Kier alpha value is -3.30. The van der Waals surface area contributed by atoms with Crippen LogP contribution in [-0.4, -0.2) is 24.8 Å². The lowest BCUT2D eigenvalue weighted by atomic mass is 10.2. The van der Waals surface area contributed by atoms with Gasteiger partial charge in [0.25, 0.3) is 5.56 Å². The third kappa shape index (κ3) is 3.14. The van der Waals surface area contributed by atoms with Gasteiger partial charge in [-0.05, 0) is 24.3 Å². The van der Waals surface area contributed by atoms with E-state index in [1.54, 1.807) is 18.2 Å². The number of H-pyrrole nitrogens is 1. The van der Waals surface area contributed by atoms with Gasteiger partial charge in [-0.2, -0.15) is 0 Å². The van der Waals surface area contributed by atoms with Crippen LogP contribution in [0.1, 0.15) is 5.82 Å². The van der Waals surface area contributed by atoms with E-state index in [1.165, 1.54) is 16.4 Å². The first kappa shape index (κ1) is 17.8. The number of aromatic nitrogens is 5. The highest BCUT2D eigenvalue weighted by Crippen LogP contribution is 2.27. The molecule has 29 heavy (non-hydrogen) atoms. The smallest absolute Gasteiger partial charge is 0.294 e. The summed E-state index contributed by atoms with van der Waals surface area (Å²) in [6, 6.07) is 14.6. The maximum atomic E-state index is 12.4. The van der Waals surface area contributed by atoms with Crippen molar-refractivity contribution < 1.29 is 4.42 Å². The summed E-state index contributed by atoms with van der Waals surface area (Å²) in [7, 11) is 0. The first-order valence-corrected chi connectivity index (χ1v) is 9.96. The third-order valence-electron chi connectivity index (χ3n) is 4.37. The average molecular weight is 425 g/mol. The monoisotopic (exact) mass is 424 g/mol. The molecule has 3 aromatic heterocycles. The Morgan fingerprint density at radius 3 is 2.90 bits per heavy atom. The molecule has 5 rings (SSSR count). The van der Waals surface area contributed by atoms with Crippen LogP contribution in [0.25, 0.3) is 33.5 Å². The largest absolute Gasteiger partial charge is 0.449 e. The average Bonchev–Trinajstić information content (AvgIpc) is 3.27. The van der Waals surface area contributed by atoms with Gasteiger partial charge in [-0.3, -0.25) is 4.79 Å². The van der Waals surface area contributed by atoms with Crippen molar-refractivity contribution in [1.29, 1.82) is 0 Å². The SMILES string of the molecule is Nn1c(SCc2nc3c(oc4ccccc43)c(=O)[nH]2)nnc1-c1cccc(Cl)c1. The van der Waals surface area contributed by atoms with Crippen LogP contribution in [0.15, 0.2) is 62.9 Å². The summed E-state index contributed by atoms with van der Waals surface area (Å²) in [6.07, 6.45) is 0. The van der Waals surface area contributed by atoms with E-state index in [0.29, 0.717) is 38.7 Å². The fraction of sp³-hybridized carbons (Fsp3) is 0.0526. The number of nitrogens with one attached hydrogen (secondary N) is 1. The fourth-order valence-corrected chi connectivity index (χ4v) is 3.97. The highest BCUT2D eigenvalue weighted by atomic mass is 35.5. The number of benzene rings is 2. The minimum atomic E-state index is -0.323. The van der Waals surface area contributed by atoms with Gasteiger partial charge in [-0.15, -0.1) is 10.2 Å². The number of aromatic amines is 1. The maximum absolute atomic E-state index is 12.4. The number of hydrogen-bond donors (Lipinski definition) is 2. The van der Waals surface area contributed by atoms with Crippen LogP contribution in [0.3, 0.4) is 0 Å². The number of rotatable bonds is 4. The lowest BCUT2D eigenvalue weighted by Gasteiger charge is -2.04. The van der Waals surface area contributed by atoms with Gasteiger partial charge in [-0.25, -0.2) is 9.66 Å². The van der Waals surface area contributed by atoms with Gasteiger partial charge in [0.1, 0.15) is 16.9 Å². The number of nitrogens with zero attached hydrogens (tertiary/aromatic N) is 4. The quantitative estimate of drug-likeness (QED) is 0.334. The van der Waals surface area contributed by atoms with Crippen LogP contribution in [0.5, 0.6) is 0 Å². The van der Waals surface area contributed by atoms with Crippen LogP contribution in [-0.2, 0) is 5.75 Å². The normalized spacial score (nSPS) is 11.5. The van der Waals surface area contributed by atoms with Gasteiger partial charge in [0, 0.05) is 16.0 Å². The molecule has 144 valence electrons. The number of nitrogen functional groups attached to an aromatic ring is 1. The van der Waals surface area contributed by atoms with Crippen LogP contribution >= 0.6 is 23.4 Å². The van der Waals surface area contributed by atoms with Gasteiger partial charge >= 0.3 is 0 Å².